The molecule has 5 N–H and O–H groups in total. The van der Waals surface area contributed by atoms with Crippen LogP contribution >= 0.6 is 11.8 Å². The second-order valence-corrected chi connectivity index (χ2v) is 4.56. The van der Waals surface area contributed by atoms with Crippen LogP contribution < -0.4 is 16.4 Å². The van der Waals surface area contributed by atoms with Gasteiger partial charge < -0.3 is 21.5 Å². The van der Waals surface area contributed by atoms with Crippen LogP contribution in [-0.2, 0) is 4.79 Å². The number of hydrogen-bond donors (Lipinski definition) is 4. The molecule has 16 heavy (non-hydrogen) atoms. The van der Waals surface area contributed by atoms with Crippen LogP contribution in [0.4, 0.5) is 4.79 Å². The molecule has 0 bridgehead atoms. The predicted octanol–water partition coefficient (Wildman–Crippen LogP) is -0.728. The second kappa shape index (κ2) is 7.34. The van der Waals surface area contributed by atoms with Gasteiger partial charge in [0.25, 0.3) is 0 Å². The number of carbonyl (C=O) groups excluding carboxylic acids is 2. The minimum Gasteiger partial charge on any atom is -0.395 e. The van der Waals surface area contributed by atoms with E-state index in [1.807, 2.05) is 6.26 Å². The van der Waals surface area contributed by atoms with Crippen LogP contribution in [0.15, 0.2) is 0 Å². The quantitative estimate of drug-likeness (QED) is 0.498. The number of carbonyl (C=O) groups is 2. The number of aliphatic hydroxyl groups excluding tert-OH is 1. The van der Waals surface area contributed by atoms with Crippen molar-refractivity contribution in [1.82, 2.24) is 10.6 Å². The Morgan fingerprint density at radius 3 is 2.31 bits per heavy atom. The summed E-state index contributed by atoms with van der Waals surface area (Å²) in [6.07, 6.45) is 1.86. The molecule has 0 aromatic rings. The van der Waals surface area contributed by atoms with Gasteiger partial charge in [-0.2, -0.15) is 11.8 Å². The summed E-state index contributed by atoms with van der Waals surface area (Å²) >= 11 is 1.47. The minimum atomic E-state index is -0.737. The molecule has 6 nitrogen and oxygen atoms in total. The van der Waals surface area contributed by atoms with E-state index in [4.69, 9.17) is 10.8 Å². The van der Waals surface area contributed by atoms with Crippen LogP contribution in [0.3, 0.4) is 0 Å². The summed E-state index contributed by atoms with van der Waals surface area (Å²) < 4.78 is 0. The molecule has 0 heterocycles. The zero-order valence-electron chi connectivity index (χ0n) is 9.69. The van der Waals surface area contributed by atoms with Crippen LogP contribution in [-0.4, -0.2) is 47.2 Å². The summed E-state index contributed by atoms with van der Waals surface area (Å²) in [4.78, 5) is 22.1. The van der Waals surface area contributed by atoms with Crippen molar-refractivity contribution in [3.8, 4) is 0 Å². The largest absolute Gasteiger partial charge is 0.395 e. The highest BCUT2D eigenvalue weighted by Crippen LogP contribution is 2.10. The Bertz CT molecular complexity index is 246. The standard InChI is InChI=1S/C9H19N3O3S/c1-5(7(4-13)16-3)11-8(14)6(2)12-9(10)15/h5-7,13H,4H2,1-3H3,(H,11,14)(H3,10,12,15). The van der Waals surface area contributed by atoms with E-state index >= 15 is 0 Å². The number of amides is 3. The zero-order chi connectivity index (χ0) is 12.7. The normalized spacial score (nSPS) is 16.0. The Kier molecular flexibility index (Phi) is 6.91. The van der Waals surface area contributed by atoms with Gasteiger partial charge in [-0.15, -0.1) is 0 Å². The third kappa shape index (κ3) is 5.22. The molecule has 0 saturated carbocycles. The van der Waals surface area contributed by atoms with E-state index in [2.05, 4.69) is 10.6 Å². The maximum absolute atomic E-state index is 11.6. The van der Waals surface area contributed by atoms with Crippen LogP contribution in [0.25, 0.3) is 0 Å². The molecule has 0 aliphatic heterocycles. The lowest BCUT2D eigenvalue weighted by Gasteiger charge is -2.23. The van der Waals surface area contributed by atoms with E-state index in [9.17, 15) is 9.59 Å². The van der Waals surface area contributed by atoms with Crippen molar-refractivity contribution >= 4 is 23.7 Å². The van der Waals surface area contributed by atoms with E-state index in [0.717, 1.165) is 0 Å². The average molecular weight is 249 g/mol. The fraction of sp³-hybridized carbons (Fsp3) is 0.778. The van der Waals surface area contributed by atoms with E-state index in [-0.39, 0.29) is 23.8 Å². The molecule has 94 valence electrons. The van der Waals surface area contributed by atoms with E-state index in [1.165, 1.54) is 11.8 Å². The fourth-order valence-electron chi connectivity index (χ4n) is 1.16. The highest BCUT2D eigenvalue weighted by molar-refractivity contribution is 7.99. The minimum absolute atomic E-state index is 0.0136. The smallest absolute Gasteiger partial charge is 0.312 e. The maximum Gasteiger partial charge on any atom is 0.312 e. The summed E-state index contributed by atoms with van der Waals surface area (Å²) in [5.74, 6) is -0.321. The first-order chi connectivity index (χ1) is 7.42. The monoisotopic (exact) mass is 249 g/mol. The molecule has 0 aliphatic carbocycles. The number of thioether (sulfide) groups is 1. The van der Waals surface area contributed by atoms with Gasteiger partial charge in [0, 0.05) is 11.3 Å². The summed E-state index contributed by atoms with van der Waals surface area (Å²) in [6.45, 7) is 3.33. The Labute approximate surface area is 99.3 Å². The highest BCUT2D eigenvalue weighted by Gasteiger charge is 2.20. The topological polar surface area (TPSA) is 104 Å². The van der Waals surface area contributed by atoms with Crippen molar-refractivity contribution in [3.05, 3.63) is 0 Å². The van der Waals surface area contributed by atoms with Crippen molar-refractivity contribution < 1.29 is 14.7 Å². The Hall–Kier alpha value is -0.950. The molecule has 0 aromatic carbocycles. The molecule has 0 rings (SSSR count). The highest BCUT2D eigenvalue weighted by atomic mass is 32.2. The second-order valence-electron chi connectivity index (χ2n) is 3.48. The van der Waals surface area contributed by atoms with Crippen LogP contribution in [0, 0.1) is 0 Å². The van der Waals surface area contributed by atoms with Gasteiger partial charge in [-0.05, 0) is 20.1 Å². The first-order valence-corrected chi connectivity index (χ1v) is 6.21. The van der Waals surface area contributed by atoms with Crippen LogP contribution in [0.5, 0.6) is 0 Å². The van der Waals surface area contributed by atoms with E-state index < -0.39 is 12.1 Å². The molecule has 0 aromatic heterocycles. The van der Waals surface area contributed by atoms with Crippen molar-refractivity contribution in [2.75, 3.05) is 12.9 Å². The lowest BCUT2D eigenvalue weighted by atomic mass is 10.2. The summed E-state index contributed by atoms with van der Waals surface area (Å²) in [5, 5.41) is 13.9. The van der Waals surface area contributed by atoms with Crippen molar-refractivity contribution in [2.24, 2.45) is 5.73 Å². The Morgan fingerprint density at radius 1 is 1.38 bits per heavy atom. The SMILES string of the molecule is CSC(CO)C(C)NC(=O)C(C)NC(N)=O. The molecular formula is C9H19N3O3S. The van der Waals surface area contributed by atoms with Crippen molar-refractivity contribution in [2.45, 2.75) is 31.2 Å². The molecule has 0 fully saturated rings. The third-order valence-corrected chi connectivity index (χ3v) is 3.33. The maximum atomic E-state index is 11.6. The number of rotatable bonds is 6. The van der Waals surface area contributed by atoms with Crippen molar-refractivity contribution in [3.63, 3.8) is 0 Å². The first kappa shape index (κ1) is 15.0. The number of aliphatic hydroxyl groups is 1. The van der Waals surface area contributed by atoms with Gasteiger partial charge in [-0.1, -0.05) is 0 Å². The van der Waals surface area contributed by atoms with Crippen molar-refractivity contribution in [1.29, 1.82) is 0 Å². The van der Waals surface area contributed by atoms with E-state index in [0.29, 0.717) is 0 Å². The van der Waals surface area contributed by atoms with Gasteiger partial charge in [0.2, 0.25) is 5.91 Å². The molecule has 0 aliphatic rings. The third-order valence-electron chi connectivity index (χ3n) is 2.16. The molecule has 0 saturated heterocycles. The van der Waals surface area contributed by atoms with Crippen LogP contribution in [0.2, 0.25) is 0 Å². The number of urea groups is 1. The number of hydrogen-bond acceptors (Lipinski definition) is 4. The first-order valence-electron chi connectivity index (χ1n) is 4.92. The van der Waals surface area contributed by atoms with Gasteiger partial charge in [-0.25, -0.2) is 4.79 Å². The van der Waals surface area contributed by atoms with Gasteiger partial charge >= 0.3 is 6.03 Å². The average Bonchev–Trinajstić information content (AvgIpc) is 2.18. The van der Waals surface area contributed by atoms with Crippen LogP contribution in [0.1, 0.15) is 13.8 Å². The van der Waals surface area contributed by atoms with E-state index in [1.54, 1.807) is 13.8 Å². The number of primary amides is 1. The van der Waals surface area contributed by atoms with Gasteiger partial charge in [0.1, 0.15) is 6.04 Å². The summed E-state index contributed by atoms with van der Waals surface area (Å²) in [5.41, 5.74) is 4.90. The zero-order valence-corrected chi connectivity index (χ0v) is 10.5. The molecule has 0 radical (unpaired) electrons. The summed E-state index contributed by atoms with van der Waals surface area (Å²) in [6, 6.07) is -1.59. The van der Waals surface area contributed by atoms with Gasteiger partial charge in [-0.3, -0.25) is 4.79 Å². The van der Waals surface area contributed by atoms with Gasteiger partial charge in [0.05, 0.1) is 6.61 Å². The summed E-state index contributed by atoms with van der Waals surface area (Å²) in [7, 11) is 0. The molecule has 3 atom stereocenters. The predicted molar refractivity (Wildman–Crippen MR) is 64.2 cm³/mol. The molecule has 3 unspecified atom stereocenters. The van der Waals surface area contributed by atoms with Gasteiger partial charge in [0.15, 0.2) is 0 Å². The molecular weight excluding hydrogens is 230 g/mol. The number of nitrogens with two attached hydrogens (primary N) is 1. The number of nitrogens with one attached hydrogen (secondary N) is 2. The lowest BCUT2D eigenvalue weighted by Crippen LogP contribution is -2.51. The molecule has 0 spiro atoms. The molecule has 7 heteroatoms. The Morgan fingerprint density at radius 2 is 1.94 bits per heavy atom. The lowest BCUT2D eigenvalue weighted by molar-refractivity contribution is -0.123. The fourth-order valence-corrected chi connectivity index (χ4v) is 1.78. The Balaban J connectivity index is 4.17. The molecule has 3 amide bonds.